The third-order valence-corrected chi connectivity index (χ3v) is 2.29. The van der Waals surface area contributed by atoms with E-state index in [1.165, 1.54) is 31.2 Å². The number of nitro benzene ring substituents is 1. The van der Waals surface area contributed by atoms with E-state index in [2.05, 4.69) is 0 Å². The van der Waals surface area contributed by atoms with Crippen LogP contribution in [0.2, 0.25) is 0 Å². The second-order valence-electron chi connectivity index (χ2n) is 3.65. The molecule has 0 spiro atoms. The lowest BCUT2D eigenvalue weighted by molar-refractivity contribution is -0.384. The van der Waals surface area contributed by atoms with Crippen LogP contribution < -0.4 is 5.11 Å². The Balaban J connectivity index is 2.77. The fourth-order valence-electron chi connectivity index (χ4n) is 1.25. The Bertz CT molecular complexity index is 451. The molecule has 0 aliphatic rings. The summed E-state index contributed by atoms with van der Waals surface area (Å²) in [5, 5.41) is 20.8. The third kappa shape index (κ3) is 3.37. The summed E-state index contributed by atoms with van der Waals surface area (Å²) in [7, 11) is 0. The van der Waals surface area contributed by atoms with Gasteiger partial charge in [-0.05, 0) is 12.1 Å². The van der Waals surface area contributed by atoms with Crippen molar-refractivity contribution in [3.63, 3.8) is 0 Å². The molecule has 0 bridgehead atoms. The van der Waals surface area contributed by atoms with Crippen LogP contribution in [0.1, 0.15) is 23.7 Å². The number of nitrogens with zero attached hydrogens (tertiary/aromatic N) is 1. The van der Waals surface area contributed by atoms with Gasteiger partial charge < -0.3 is 9.90 Å². The molecule has 0 aliphatic heterocycles. The second kappa shape index (κ2) is 5.20. The summed E-state index contributed by atoms with van der Waals surface area (Å²) in [6, 6.07) is 5.03. The van der Waals surface area contributed by atoms with Crippen molar-refractivity contribution >= 4 is 17.4 Å². The van der Waals surface area contributed by atoms with Gasteiger partial charge in [0.1, 0.15) is 0 Å². The van der Waals surface area contributed by atoms with Crippen LogP contribution in [0.15, 0.2) is 24.3 Å². The van der Waals surface area contributed by atoms with Crippen LogP contribution in [-0.2, 0) is 4.79 Å². The van der Waals surface area contributed by atoms with Gasteiger partial charge in [0.05, 0.1) is 4.92 Å². The van der Waals surface area contributed by atoms with E-state index in [0.29, 0.717) is 0 Å². The fraction of sp³-hybridized carbons (Fsp3) is 0.273. The van der Waals surface area contributed by atoms with E-state index in [1.807, 2.05) is 0 Å². The van der Waals surface area contributed by atoms with Crippen LogP contribution in [0.3, 0.4) is 0 Å². The van der Waals surface area contributed by atoms with E-state index in [-0.39, 0.29) is 23.5 Å². The molecule has 0 N–H and O–H groups in total. The molecule has 0 saturated heterocycles. The lowest BCUT2D eigenvalue weighted by Crippen LogP contribution is -2.30. The number of hydrogen-bond acceptors (Lipinski definition) is 5. The molecule has 0 radical (unpaired) electrons. The Labute approximate surface area is 97.0 Å². The molecule has 6 nitrogen and oxygen atoms in total. The first-order valence-corrected chi connectivity index (χ1v) is 4.90. The maximum Gasteiger partial charge on any atom is 0.269 e. The zero-order valence-corrected chi connectivity index (χ0v) is 9.08. The Hall–Kier alpha value is -2.24. The molecule has 0 amide bonds. The highest BCUT2D eigenvalue weighted by atomic mass is 16.6. The van der Waals surface area contributed by atoms with Crippen molar-refractivity contribution in [1.29, 1.82) is 0 Å². The number of nitro groups is 1. The number of hydrogen-bond donors (Lipinski definition) is 0. The molecule has 0 unspecified atom stereocenters. The molecule has 0 heterocycles. The number of ketones is 1. The Morgan fingerprint density at radius 3 is 2.24 bits per heavy atom. The van der Waals surface area contributed by atoms with Crippen molar-refractivity contribution in [2.45, 2.75) is 13.3 Å². The van der Waals surface area contributed by atoms with Crippen molar-refractivity contribution in [3.8, 4) is 0 Å². The Kier molecular flexibility index (Phi) is 3.92. The van der Waals surface area contributed by atoms with Gasteiger partial charge in [-0.2, -0.15) is 0 Å². The number of Topliss-reactive ketones (excluding diaryl/α,β-unsaturated/α-hetero) is 1. The van der Waals surface area contributed by atoms with Crippen LogP contribution in [0.4, 0.5) is 5.69 Å². The lowest BCUT2D eigenvalue weighted by Gasteiger charge is -2.10. The van der Waals surface area contributed by atoms with Crippen LogP contribution >= 0.6 is 0 Å². The lowest BCUT2D eigenvalue weighted by atomic mass is 10.00. The highest BCUT2D eigenvalue weighted by molar-refractivity contribution is 5.97. The van der Waals surface area contributed by atoms with Gasteiger partial charge in [0.2, 0.25) is 0 Å². The molecule has 1 atom stereocenters. The molecule has 17 heavy (non-hydrogen) atoms. The largest absolute Gasteiger partial charge is 0.550 e. The van der Waals surface area contributed by atoms with Crippen LogP contribution in [0, 0.1) is 16.0 Å². The highest BCUT2D eigenvalue weighted by Gasteiger charge is 2.13. The van der Waals surface area contributed by atoms with E-state index >= 15 is 0 Å². The fourth-order valence-corrected chi connectivity index (χ4v) is 1.25. The minimum atomic E-state index is -1.29. The van der Waals surface area contributed by atoms with E-state index in [1.54, 1.807) is 0 Å². The maximum absolute atomic E-state index is 11.6. The summed E-state index contributed by atoms with van der Waals surface area (Å²) < 4.78 is 0. The molecule has 1 aromatic rings. The standard InChI is InChI=1S/C11H11NO5/c1-7(11(14)15)6-10(13)8-2-4-9(5-3-8)12(16)17/h2-5,7H,6H2,1H3,(H,14,15)/p-1/t7-/m0/s1. The van der Waals surface area contributed by atoms with Gasteiger partial charge in [-0.25, -0.2) is 0 Å². The normalized spacial score (nSPS) is 11.8. The topological polar surface area (TPSA) is 100 Å². The smallest absolute Gasteiger partial charge is 0.269 e. The number of carbonyl (C=O) groups is 2. The molecule has 0 aromatic heterocycles. The molecule has 0 fully saturated rings. The number of carbonyl (C=O) groups excluding carboxylic acids is 2. The van der Waals surface area contributed by atoms with Gasteiger partial charge in [-0.3, -0.25) is 14.9 Å². The molecule has 0 saturated carbocycles. The highest BCUT2D eigenvalue weighted by Crippen LogP contribution is 2.15. The second-order valence-corrected chi connectivity index (χ2v) is 3.65. The van der Waals surface area contributed by atoms with E-state index in [9.17, 15) is 24.8 Å². The SMILES string of the molecule is C[C@@H](CC(=O)c1ccc([N+](=O)[O-])cc1)C(=O)[O-]. The quantitative estimate of drug-likeness (QED) is 0.422. The first-order valence-electron chi connectivity index (χ1n) is 4.90. The molecular formula is C11H10NO5-. The van der Waals surface area contributed by atoms with Gasteiger partial charge >= 0.3 is 0 Å². The molecule has 6 heteroatoms. The Morgan fingerprint density at radius 2 is 1.82 bits per heavy atom. The summed E-state index contributed by atoms with van der Waals surface area (Å²) in [5.41, 5.74) is 0.137. The molecular weight excluding hydrogens is 226 g/mol. The van der Waals surface area contributed by atoms with Gasteiger partial charge in [0.15, 0.2) is 5.78 Å². The van der Waals surface area contributed by atoms with Crippen molar-refractivity contribution in [2.24, 2.45) is 5.92 Å². The Morgan fingerprint density at radius 1 is 1.29 bits per heavy atom. The van der Waals surface area contributed by atoms with Crippen LogP contribution in [0.5, 0.6) is 0 Å². The number of rotatable bonds is 5. The zero-order valence-electron chi connectivity index (χ0n) is 9.08. The summed E-state index contributed by atoms with van der Waals surface area (Å²) >= 11 is 0. The summed E-state index contributed by atoms with van der Waals surface area (Å²) in [5.74, 6) is -2.55. The van der Waals surface area contributed by atoms with Gasteiger partial charge in [-0.15, -0.1) is 0 Å². The maximum atomic E-state index is 11.6. The summed E-state index contributed by atoms with van der Waals surface area (Å²) in [6.45, 7) is 1.37. The minimum absolute atomic E-state index is 0.116. The average Bonchev–Trinajstić information content (AvgIpc) is 2.28. The van der Waals surface area contributed by atoms with Crippen molar-refractivity contribution in [3.05, 3.63) is 39.9 Å². The first-order chi connectivity index (χ1) is 7.91. The van der Waals surface area contributed by atoms with E-state index < -0.39 is 16.8 Å². The predicted octanol–water partition coefficient (Wildman–Crippen LogP) is 0.554. The minimum Gasteiger partial charge on any atom is -0.550 e. The first kappa shape index (κ1) is 12.8. The predicted molar refractivity (Wildman–Crippen MR) is 56.2 cm³/mol. The summed E-state index contributed by atoms with van der Waals surface area (Å²) in [6.07, 6.45) is -0.180. The number of carboxylic acids is 1. The van der Waals surface area contributed by atoms with Crippen molar-refractivity contribution in [1.82, 2.24) is 0 Å². The molecule has 1 rings (SSSR count). The van der Waals surface area contributed by atoms with Gasteiger partial charge in [0, 0.05) is 36.0 Å². The summed E-state index contributed by atoms with van der Waals surface area (Å²) in [4.78, 5) is 31.8. The van der Waals surface area contributed by atoms with E-state index in [0.717, 1.165) is 0 Å². The number of benzene rings is 1. The van der Waals surface area contributed by atoms with Crippen molar-refractivity contribution in [2.75, 3.05) is 0 Å². The average molecular weight is 236 g/mol. The molecule has 90 valence electrons. The number of carboxylic acid groups (broad SMARTS) is 1. The number of aliphatic carboxylic acids is 1. The van der Waals surface area contributed by atoms with E-state index in [4.69, 9.17) is 0 Å². The van der Waals surface area contributed by atoms with Gasteiger partial charge in [0.25, 0.3) is 5.69 Å². The van der Waals surface area contributed by atoms with Crippen molar-refractivity contribution < 1.29 is 19.6 Å². The molecule has 1 aromatic carbocycles. The monoisotopic (exact) mass is 236 g/mol. The van der Waals surface area contributed by atoms with Gasteiger partial charge in [-0.1, -0.05) is 6.92 Å². The number of non-ortho nitro benzene ring substituents is 1. The zero-order chi connectivity index (χ0) is 13.0. The van der Waals surface area contributed by atoms with Crippen LogP contribution in [0.25, 0.3) is 0 Å². The third-order valence-electron chi connectivity index (χ3n) is 2.29. The van der Waals surface area contributed by atoms with Crippen LogP contribution in [-0.4, -0.2) is 16.7 Å². The molecule has 0 aliphatic carbocycles.